The van der Waals surface area contributed by atoms with E-state index >= 15 is 0 Å². The Kier molecular flexibility index (Phi) is 4.76. The van der Waals surface area contributed by atoms with Crippen LogP contribution in [0.3, 0.4) is 0 Å². The Labute approximate surface area is 167 Å². The molecule has 4 N–H and O–H groups in total. The fourth-order valence-corrected chi connectivity index (χ4v) is 4.15. The minimum absolute atomic E-state index is 0.424. The summed E-state index contributed by atoms with van der Waals surface area (Å²) < 4.78 is 2.14. The van der Waals surface area contributed by atoms with Crippen molar-refractivity contribution < 1.29 is 15.0 Å². The summed E-state index contributed by atoms with van der Waals surface area (Å²) >= 11 is 0. The van der Waals surface area contributed by atoms with Gasteiger partial charge in [-0.25, -0.2) is 4.79 Å². The second-order valence-corrected chi connectivity index (χ2v) is 7.37. The van der Waals surface area contributed by atoms with E-state index < -0.39 is 22.8 Å². The number of nitrogens with zero attached hydrogens (tertiary/aromatic N) is 1. The van der Waals surface area contributed by atoms with Gasteiger partial charge in [-0.1, -0.05) is 6.08 Å². The first kappa shape index (κ1) is 19.0. The monoisotopic (exact) mass is 393 g/mol. The molecule has 2 heterocycles. The summed E-state index contributed by atoms with van der Waals surface area (Å²) in [4.78, 5) is 26.4. The summed E-state index contributed by atoms with van der Waals surface area (Å²) in [6.45, 7) is 5.14. The molecule has 7 heteroatoms. The van der Waals surface area contributed by atoms with Crippen LogP contribution in [0.15, 0.2) is 35.6 Å². The van der Waals surface area contributed by atoms with Gasteiger partial charge in [0.15, 0.2) is 5.56 Å². The van der Waals surface area contributed by atoms with Crippen LogP contribution >= 0.6 is 0 Å². The zero-order chi connectivity index (χ0) is 20.7. The molecule has 29 heavy (non-hydrogen) atoms. The maximum atomic E-state index is 12.3. The predicted octanol–water partition coefficient (Wildman–Crippen LogP) is 2.70. The van der Waals surface area contributed by atoms with Gasteiger partial charge in [-0.15, -0.1) is 6.58 Å². The molecule has 2 aromatic heterocycles. The zero-order valence-electron chi connectivity index (χ0n) is 16.2. The van der Waals surface area contributed by atoms with E-state index in [0.717, 1.165) is 47.1 Å². The lowest BCUT2D eigenvalue weighted by molar-refractivity contribution is 0.0691. The molecule has 0 aliphatic heterocycles. The number of carboxylic acids is 1. The van der Waals surface area contributed by atoms with Crippen molar-refractivity contribution in [1.82, 2.24) is 14.9 Å². The number of aromatic nitrogens is 2. The molecule has 0 bridgehead atoms. The number of aromatic carboxylic acids is 1. The van der Waals surface area contributed by atoms with Gasteiger partial charge in [-0.05, 0) is 43.0 Å². The van der Waals surface area contributed by atoms with E-state index in [1.165, 1.54) is 0 Å². The topological polar surface area (TPSA) is 107 Å². The highest BCUT2D eigenvalue weighted by Gasteiger charge is 2.26. The lowest BCUT2D eigenvalue weighted by Crippen LogP contribution is -2.20. The van der Waals surface area contributed by atoms with Gasteiger partial charge in [0.2, 0.25) is 0 Å². The van der Waals surface area contributed by atoms with E-state index in [2.05, 4.69) is 33.6 Å². The number of carboxylic acid groups (broad SMARTS) is 1. The lowest BCUT2D eigenvalue weighted by atomic mass is 9.98. The summed E-state index contributed by atoms with van der Waals surface area (Å²) in [6, 6.07) is 6.23. The first-order valence-corrected chi connectivity index (χ1v) is 9.57. The van der Waals surface area contributed by atoms with Gasteiger partial charge in [0, 0.05) is 47.9 Å². The molecule has 1 aromatic carbocycles. The largest absolute Gasteiger partial charge is 0.506 e. The molecule has 0 saturated heterocycles. The highest BCUT2D eigenvalue weighted by Crippen LogP contribution is 2.38. The Balaban J connectivity index is 1.90. The smallest absolute Gasteiger partial charge is 0.345 e. The number of fused-ring (bicyclic) bond motifs is 4. The molecule has 0 spiro atoms. The summed E-state index contributed by atoms with van der Waals surface area (Å²) in [5, 5.41) is 24.1. The maximum absolute atomic E-state index is 12.3. The van der Waals surface area contributed by atoms with Gasteiger partial charge in [0.25, 0.3) is 5.56 Å². The normalized spacial score (nSPS) is 13.0. The summed E-state index contributed by atoms with van der Waals surface area (Å²) in [6.07, 6.45) is 3.84. The van der Waals surface area contributed by atoms with Crippen molar-refractivity contribution in [1.29, 1.82) is 0 Å². The van der Waals surface area contributed by atoms with Crippen molar-refractivity contribution in [2.75, 3.05) is 6.54 Å². The van der Waals surface area contributed by atoms with Crippen LogP contribution in [-0.4, -0.2) is 32.3 Å². The fraction of sp³-hybridized carbons (Fsp3) is 0.273. The second kappa shape index (κ2) is 7.25. The SMILES string of the molecule is C=CCNCc1cc2cc3c(cc2n1C)CCCc1c-3[nH]c(=O)c(C(=O)O)c1O. The molecular weight excluding hydrogens is 370 g/mol. The van der Waals surface area contributed by atoms with Gasteiger partial charge in [-0.2, -0.15) is 0 Å². The number of carbonyl (C=O) groups is 1. The van der Waals surface area contributed by atoms with Crippen molar-refractivity contribution in [3.63, 3.8) is 0 Å². The average Bonchev–Trinajstić information content (AvgIpc) is 2.86. The third kappa shape index (κ3) is 3.13. The minimum atomic E-state index is -1.42. The number of nitrogens with one attached hydrogen (secondary N) is 2. The molecule has 0 radical (unpaired) electrons. The number of rotatable bonds is 5. The Morgan fingerprint density at radius 1 is 1.34 bits per heavy atom. The van der Waals surface area contributed by atoms with Gasteiger partial charge < -0.3 is 25.1 Å². The molecule has 1 aliphatic rings. The molecule has 150 valence electrons. The van der Waals surface area contributed by atoms with Crippen LogP contribution in [0.2, 0.25) is 0 Å². The van der Waals surface area contributed by atoms with Crippen LogP contribution in [0.4, 0.5) is 0 Å². The summed E-state index contributed by atoms with van der Waals surface area (Å²) in [5.74, 6) is -1.85. The van der Waals surface area contributed by atoms with E-state index in [4.69, 9.17) is 0 Å². The molecule has 3 aromatic rings. The molecule has 0 unspecified atom stereocenters. The van der Waals surface area contributed by atoms with Crippen LogP contribution in [0.1, 0.15) is 33.6 Å². The minimum Gasteiger partial charge on any atom is -0.506 e. The number of hydrogen-bond donors (Lipinski definition) is 4. The first-order chi connectivity index (χ1) is 13.9. The molecule has 0 amide bonds. The summed E-state index contributed by atoms with van der Waals surface area (Å²) in [7, 11) is 2.02. The van der Waals surface area contributed by atoms with Crippen molar-refractivity contribution >= 4 is 16.9 Å². The molecule has 1 aliphatic carbocycles. The second-order valence-electron chi connectivity index (χ2n) is 7.37. The van der Waals surface area contributed by atoms with Gasteiger partial charge in [-0.3, -0.25) is 4.79 Å². The summed E-state index contributed by atoms with van der Waals surface area (Å²) in [5.41, 5.74) is 3.75. The maximum Gasteiger partial charge on any atom is 0.345 e. The van der Waals surface area contributed by atoms with Gasteiger partial charge in [0.05, 0.1) is 5.69 Å². The number of aromatic hydroxyl groups is 1. The van der Waals surface area contributed by atoms with E-state index in [1.54, 1.807) is 0 Å². The quantitative estimate of drug-likeness (QED) is 0.394. The lowest BCUT2D eigenvalue weighted by Gasteiger charge is -2.13. The molecule has 0 atom stereocenters. The number of benzene rings is 1. The van der Waals surface area contributed by atoms with Gasteiger partial charge >= 0.3 is 5.97 Å². The highest BCUT2D eigenvalue weighted by molar-refractivity contribution is 5.93. The number of H-pyrrole nitrogens is 1. The standard InChI is InChI=1S/C22H23N3O4/c1-3-7-23-11-14-8-13-9-16-12(10-17(13)25(14)2)5-4-6-15-19(16)24-21(27)18(20(15)26)22(28)29/h3,8-10,23H,1,4-7,11H2,2H3,(H,28,29)(H2,24,26,27). The fourth-order valence-electron chi connectivity index (χ4n) is 4.15. The average molecular weight is 393 g/mol. The Bertz CT molecular complexity index is 1200. The number of pyridine rings is 1. The molecule has 7 nitrogen and oxygen atoms in total. The van der Waals surface area contributed by atoms with E-state index in [0.29, 0.717) is 24.2 Å². The van der Waals surface area contributed by atoms with Crippen molar-refractivity contribution in [2.24, 2.45) is 7.05 Å². The van der Waals surface area contributed by atoms with Crippen LogP contribution in [0, 0.1) is 0 Å². The van der Waals surface area contributed by atoms with Crippen molar-refractivity contribution in [3.05, 3.63) is 63.6 Å². The van der Waals surface area contributed by atoms with Crippen LogP contribution < -0.4 is 10.9 Å². The third-order valence-corrected chi connectivity index (χ3v) is 5.61. The van der Waals surface area contributed by atoms with Crippen LogP contribution in [0.5, 0.6) is 5.75 Å². The van der Waals surface area contributed by atoms with Crippen LogP contribution in [0.25, 0.3) is 22.2 Å². The number of aromatic amines is 1. The molecule has 0 saturated carbocycles. The number of aryl methyl sites for hydroxylation is 2. The highest BCUT2D eigenvalue weighted by atomic mass is 16.4. The zero-order valence-corrected chi connectivity index (χ0v) is 16.2. The molecule has 4 rings (SSSR count). The van der Waals surface area contributed by atoms with Crippen molar-refractivity contribution in [3.8, 4) is 17.0 Å². The Hall–Kier alpha value is -3.32. The van der Waals surface area contributed by atoms with Crippen LogP contribution in [-0.2, 0) is 26.4 Å². The van der Waals surface area contributed by atoms with Crippen molar-refractivity contribution in [2.45, 2.75) is 25.8 Å². The molecule has 0 fully saturated rings. The number of hydrogen-bond acceptors (Lipinski definition) is 4. The van der Waals surface area contributed by atoms with Gasteiger partial charge in [0.1, 0.15) is 5.75 Å². The Morgan fingerprint density at radius 2 is 2.14 bits per heavy atom. The van der Waals surface area contributed by atoms with E-state index in [-0.39, 0.29) is 0 Å². The molecular formula is C22H23N3O4. The predicted molar refractivity (Wildman–Crippen MR) is 112 cm³/mol. The first-order valence-electron chi connectivity index (χ1n) is 9.57. The Morgan fingerprint density at radius 3 is 2.86 bits per heavy atom. The third-order valence-electron chi connectivity index (χ3n) is 5.61. The van der Waals surface area contributed by atoms with E-state index in [1.807, 2.05) is 19.2 Å². The van der Waals surface area contributed by atoms with E-state index in [9.17, 15) is 19.8 Å².